The van der Waals surface area contributed by atoms with Crippen molar-refractivity contribution in [2.75, 3.05) is 12.4 Å². The zero-order valence-corrected chi connectivity index (χ0v) is 10.3. The Hall–Kier alpha value is -1.60. The molecule has 1 unspecified atom stereocenters. The lowest BCUT2D eigenvalue weighted by molar-refractivity contribution is 0.0148. The molecule has 3 nitrogen and oxygen atoms in total. The molecular formula is C13H17FN2O. The molecule has 92 valence electrons. The predicted molar refractivity (Wildman–Crippen MR) is 65.1 cm³/mol. The Kier molecular flexibility index (Phi) is 4.47. The van der Waals surface area contributed by atoms with E-state index in [-0.39, 0.29) is 17.5 Å². The SMILES string of the molecule is COC(C)(C)CC(C#N)Nc1ccc(F)cc1. The van der Waals surface area contributed by atoms with E-state index >= 15 is 0 Å². The van der Waals surface area contributed by atoms with Crippen LogP contribution in [0.4, 0.5) is 10.1 Å². The van der Waals surface area contributed by atoms with Crippen LogP contribution in [0, 0.1) is 17.1 Å². The molecule has 1 N–H and O–H groups in total. The first kappa shape index (κ1) is 13.5. The van der Waals surface area contributed by atoms with Crippen molar-refractivity contribution < 1.29 is 9.13 Å². The van der Waals surface area contributed by atoms with Crippen molar-refractivity contribution in [1.29, 1.82) is 5.26 Å². The lowest BCUT2D eigenvalue weighted by Crippen LogP contribution is -2.32. The number of nitrogens with zero attached hydrogens (tertiary/aromatic N) is 1. The molecule has 0 aliphatic heterocycles. The highest BCUT2D eigenvalue weighted by molar-refractivity contribution is 5.45. The summed E-state index contributed by atoms with van der Waals surface area (Å²) in [4.78, 5) is 0. The summed E-state index contributed by atoms with van der Waals surface area (Å²) in [5.41, 5.74) is 0.359. The first-order chi connectivity index (χ1) is 7.96. The summed E-state index contributed by atoms with van der Waals surface area (Å²) < 4.78 is 18.0. The molecule has 0 saturated carbocycles. The lowest BCUT2D eigenvalue weighted by atomic mass is 9.99. The molecule has 0 amide bonds. The third-order valence-corrected chi connectivity index (χ3v) is 2.59. The summed E-state index contributed by atoms with van der Waals surface area (Å²) in [6.07, 6.45) is 0.553. The fraction of sp³-hybridized carbons (Fsp3) is 0.462. The maximum absolute atomic E-state index is 12.7. The van der Waals surface area contributed by atoms with Crippen molar-refractivity contribution in [2.45, 2.75) is 31.9 Å². The van der Waals surface area contributed by atoms with Gasteiger partial charge in [0.2, 0.25) is 0 Å². The molecule has 0 bridgehead atoms. The number of ether oxygens (including phenoxy) is 1. The lowest BCUT2D eigenvalue weighted by Gasteiger charge is -2.26. The molecule has 4 heteroatoms. The molecule has 0 aliphatic carbocycles. The van der Waals surface area contributed by atoms with Gasteiger partial charge >= 0.3 is 0 Å². The normalized spacial score (nSPS) is 12.9. The Bertz CT molecular complexity index is 395. The first-order valence-electron chi connectivity index (χ1n) is 5.44. The highest BCUT2D eigenvalue weighted by atomic mass is 19.1. The molecule has 0 radical (unpaired) electrons. The zero-order chi connectivity index (χ0) is 12.9. The van der Waals surface area contributed by atoms with Crippen molar-refractivity contribution in [2.24, 2.45) is 0 Å². The van der Waals surface area contributed by atoms with E-state index in [0.717, 1.165) is 5.69 Å². The number of rotatable bonds is 5. The summed E-state index contributed by atoms with van der Waals surface area (Å²) in [5.74, 6) is -0.290. The van der Waals surface area contributed by atoms with Crippen LogP contribution in [-0.4, -0.2) is 18.8 Å². The van der Waals surface area contributed by atoms with Crippen molar-refractivity contribution in [1.82, 2.24) is 0 Å². The fourth-order valence-electron chi connectivity index (χ4n) is 1.45. The van der Waals surface area contributed by atoms with Gasteiger partial charge in [-0.1, -0.05) is 0 Å². The summed E-state index contributed by atoms with van der Waals surface area (Å²) in [6, 6.07) is 7.75. The molecular weight excluding hydrogens is 219 g/mol. The Labute approximate surface area is 101 Å². The largest absolute Gasteiger partial charge is 0.379 e. The molecule has 1 atom stereocenters. The highest BCUT2D eigenvalue weighted by Crippen LogP contribution is 2.18. The number of hydrogen-bond donors (Lipinski definition) is 1. The third kappa shape index (κ3) is 4.41. The Morgan fingerprint density at radius 2 is 2.00 bits per heavy atom. The summed E-state index contributed by atoms with van der Waals surface area (Å²) >= 11 is 0. The van der Waals surface area contributed by atoms with Crippen molar-refractivity contribution in [3.63, 3.8) is 0 Å². The van der Waals surface area contributed by atoms with Gasteiger partial charge in [-0.2, -0.15) is 5.26 Å². The molecule has 0 aromatic heterocycles. The third-order valence-electron chi connectivity index (χ3n) is 2.59. The van der Waals surface area contributed by atoms with E-state index in [9.17, 15) is 4.39 Å². The number of methoxy groups -OCH3 is 1. The van der Waals surface area contributed by atoms with E-state index in [4.69, 9.17) is 10.00 Å². The van der Waals surface area contributed by atoms with Gasteiger partial charge < -0.3 is 10.1 Å². The average Bonchev–Trinajstić information content (AvgIpc) is 2.31. The second-order valence-electron chi connectivity index (χ2n) is 4.50. The van der Waals surface area contributed by atoms with Crippen molar-refractivity contribution in [3.8, 4) is 6.07 Å². The number of benzene rings is 1. The van der Waals surface area contributed by atoms with E-state index in [1.54, 1.807) is 19.2 Å². The van der Waals surface area contributed by atoms with Gasteiger partial charge in [0.05, 0.1) is 11.7 Å². The van der Waals surface area contributed by atoms with Crippen LogP contribution in [0.25, 0.3) is 0 Å². The van der Waals surface area contributed by atoms with Crippen LogP contribution in [0.1, 0.15) is 20.3 Å². The zero-order valence-electron chi connectivity index (χ0n) is 10.3. The molecule has 0 saturated heterocycles. The minimum atomic E-state index is -0.368. The molecule has 0 aliphatic rings. The predicted octanol–water partition coefficient (Wildman–Crippen LogP) is 2.94. The average molecular weight is 236 g/mol. The van der Waals surface area contributed by atoms with Crippen molar-refractivity contribution >= 4 is 5.69 Å². The van der Waals surface area contributed by atoms with E-state index in [1.165, 1.54) is 12.1 Å². The molecule has 0 spiro atoms. The minimum Gasteiger partial charge on any atom is -0.379 e. The van der Waals surface area contributed by atoms with Crippen LogP contribution in [-0.2, 0) is 4.74 Å². The van der Waals surface area contributed by atoms with Gasteiger partial charge in [0.25, 0.3) is 0 Å². The van der Waals surface area contributed by atoms with Gasteiger partial charge in [0.1, 0.15) is 11.9 Å². The quantitative estimate of drug-likeness (QED) is 0.854. The smallest absolute Gasteiger partial charge is 0.123 e. The topological polar surface area (TPSA) is 45.0 Å². The van der Waals surface area contributed by atoms with Gasteiger partial charge in [0, 0.05) is 19.2 Å². The number of halogens is 1. The van der Waals surface area contributed by atoms with Crippen LogP contribution in [0.2, 0.25) is 0 Å². The minimum absolute atomic E-state index is 0.290. The second kappa shape index (κ2) is 5.65. The first-order valence-corrected chi connectivity index (χ1v) is 5.44. The van der Waals surface area contributed by atoms with E-state index in [1.807, 2.05) is 13.8 Å². The Morgan fingerprint density at radius 3 is 2.47 bits per heavy atom. The Morgan fingerprint density at radius 1 is 1.41 bits per heavy atom. The van der Waals surface area contributed by atoms with Crippen molar-refractivity contribution in [3.05, 3.63) is 30.1 Å². The van der Waals surface area contributed by atoms with E-state index < -0.39 is 0 Å². The van der Waals surface area contributed by atoms with Gasteiger partial charge in [0.15, 0.2) is 0 Å². The van der Waals surface area contributed by atoms with Crippen LogP contribution in [0.3, 0.4) is 0 Å². The van der Waals surface area contributed by atoms with E-state index in [2.05, 4.69) is 11.4 Å². The van der Waals surface area contributed by atoms with Gasteiger partial charge in [-0.25, -0.2) is 4.39 Å². The summed E-state index contributed by atoms with van der Waals surface area (Å²) in [5, 5.41) is 12.1. The molecule has 1 rings (SSSR count). The van der Waals surface area contributed by atoms with E-state index in [0.29, 0.717) is 6.42 Å². The van der Waals surface area contributed by atoms with Crippen LogP contribution < -0.4 is 5.32 Å². The number of anilines is 1. The molecule has 0 fully saturated rings. The summed E-state index contributed by atoms with van der Waals surface area (Å²) in [7, 11) is 1.62. The monoisotopic (exact) mass is 236 g/mol. The van der Waals surface area contributed by atoms with Crippen LogP contribution in [0.15, 0.2) is 24.3 Å². The van der Waals surface area contributed by atoms with Crippen LogP contribution in [0.5, 0.6) is 0 Å². The van der Waals surface area contributed by atoms with Gasteiger partial charge in [-0.05, 0) is 38.1 Å². The molecule has 1 aromatic rings. The summed E-state index contributed by atoms with van der Waals surface area (Å²) in [6.45, 7) is 3.84. The molecule has 1 aromatic carbocycles. The number of hydrogen-bond acceptors (Lipinski definition) is 3. The standard InChI is InChI=1S/C13H17FN2O/c1-13(2,17-3)8-12(9-15)16-11-6-4-10(14)5-7-11/h4-7,12,16H,8H2,1-3H3. The number of nitrogens with one attached hydrogen (secondary N) is 1. The van der Waals surface area contributed by atoms with Gasteiger partial charge in [-0.15, -0.1) is 0 Å². The van der Waals surface area contributed by atoms with Crippen LogP contribution >= 0.6 is 0 Å². The molecule has 17 heavy (non-hydrogen) atoms. The highest BCUT2D eigenvalue weighted by Gasteiger charge is 2.22. The molecule has 0 heterocycles. The Balaban J connectivity index is 2.65. The second-order valence-corrected chi connectivity index (χ2v) is 4.50. The maximum atomic E-state index is 12.7. The fourth-order valence-corrected chi connectivity index (χ4v) is 1.45. The maximum Gasteiger partial charge on any atom is 0.123 e. The number of nitriles is 1. The van der Waals surface area contributed by atoms with Gasteiger partial charge in [-0.3, -0.25) is 0 Å².